The van der Waals surface area contributed by atoms with Crippen molar-refractivity contribution in [1.29, 1.82) is 0 Å². The van der Waals surface area contributed by atoms with Crippen LogP contribution in [0.5, 0.6) is 11.5 Å². The van der Waals surface area contributed by atoms with E-state index in [-0.39, 0.29) is 26.3 Å². The van der Waals surface area contributed by atoms with Crippen LogP contribution in [-0.2, 0) is 16.1 Å². The topological polar surface area (TPSA) is 96.9 Å². The van der Waals surface area contributed by atoms with Crippen LogP contribution in [0.2, 0.25) is 0 Å². The third kappa shape index (κ3) is 4.98. The van der Waals surface area contributed by atoms with Crippen LogP contribution in [0.15, 0.2) is 42.5 Å². The molecule has 0 aliphatic carbocycles. The van der Waals surface area contributed by atoms with Crippen LogP contribution in [-0.4, -0.2) is 30.3 Å². The number of aliphatic hydroxyl groups is 1. The predicted octanol–water partition coefficient (Wildman–Crippen LogP) is 1.58. The fourth-order valence-corrected chi connectivity index (χ4v) is 2.66. The zero-order chi connectivity index (χ0) is 19.2. The van der Waals surface area contributed by atoms with E-state index in [1.165, 1.54) is 0 Å². The maximum absolute atomic E-state index is 11.8. The lowest BCUT2D eigenvalue weighted by Crippen LogP contribution is -2.40. The van der Waals surface area contributed by atoms with Gasteiger partial charge in [-0.1, -0.05) is 35.9 Å². The van der Waals surface area contributed by atoms with E-state index in [4.69, 9.17) is 9.47 Å². The van der Waals surface area contributed by atoms with E-state index < -0.39 is 17.9 Å². The molecule has 0 bridgehead atoms. The van der Waals surface area contributed by atoms with Gasteiger partial charge in [0.15, 0.2) is 11.5 Å². The van der Waals surface area contributed by atoms with Crippen molar-refractivity contribution in [3.8, 4) is 11.5 Å². The van der Waals surface area contributed by atoms with Gasteiger partial charge in [0, 0.05) is 13.1 Å². The van der Waals surface area contributed by atoms with Crippen LogP contribution < -0.4 is 20.1 Å². The number of hydrogen-bond donors (Lipinski definition) is 3. The average molecular weight is 370 g/mol. The number of fused-ring (bicyclic) bond motifs is 1. The Labute approximate surface area is 157 Å². The lowest BCUT2D eigenvalue weighted by Gasteiger charge is -2.12. The number of hydrogen-bond acceptors (Lipinski definition) is 5. The Morgan fingerprint density at radius 1 is 1.04 bits per heavy atom. The van der Waals surface area contributed by atoms with E-state index in [0.717, 1.165) is 11.1 Å². The summed E-state index contributed by atoms with van der Waals surface area (Å²) < 4.78 is 10.5. The van der Waals surface area contributed by atoms with Gasteiger partial charge in [-0.25, -0.2) is 0 Å². The van der Waals surface area contributed by atoms with Gasteiger partial charge in [0.1, 0.15) is 0 Å². The first-order chi connectivity index (χ1) is 13.0. The molecule has 3 N–H and O–H groups in total. The second kappa shape index (κ2) is 8.55. The molecule has 2 aromatic carbocycles. The maximum atomic E-state index is 11.8. The smallest absolute Gasteiger partial charge is 0.309 e. The van der Waals surface area contributed by atoms with Gasteiger partial charge in [-0.15, -0.1) is 0 Å². The van der Waals surface area contributed by atoms with E-state index in [0.29, 0.717) is 17.1 Å². The molecular formula is C20H22N2O5. The van der Waals surface area contributed by atoms with Crippen molar-refractivity contribution in [1.82, 2.24) is 10.6 Å². The molecule has 7 nitrogen and oxygen atoms in total. The van der Waals surface area contributed by atoms with Crippen molar-refractivity contribution < 1.29 is 24.2 Å². The van der Waals surface area contributed by atoms with Gasteiger partial charge in [0.05, 0.1) is 6.10 Å². The first-order valence-corrected chi connectivity index (χ1v) is 8.72. The van der Waals surface area contributed by atoms with Gasteiger partial charge < -0.3 is 25.2 Å². The van der Waals surface area contributed by atoms with Crippen LogP contribution in [0.1, 0.15) is 29.2 Å². The fourth-order valence-electron chi connectivity index (χ4n) is 2.66. The quantitative estimate of drug-likeness (QED) is 0.671. The molecule has 1 aliphatic rings. The highest BCUT2D eigenvalue weighted by atomic mass is 16.7. The molecule has 0 aromatic heterocycles. The highest BCUT2D eigenvalue weighted by Crippen LogP contribution is 2.34. The van der Waals surface area contributed by atoms with Gasteiger partial charge in [-0.3, -0.25) is 9.59 Å². The molecule has 0 radical (unpaired) electrons. The standard InChI is InChI=1S/C20H22N2O5/c1-13-2-4-14(5-3-13)11-22-20(25)19(24)21-9-8-16(23)15-6-7-17-18(10-15)27-12-26-17/h2-7,10,16,23H,8-9,11-12H2,1H3,(H,21,24)(H,22,25). The molecule has 27 heavy (non-hydrogen) atoms. The van der Waals surface area contributed by atoms with Crippen molar-refractivity contribution in [2.45, 2.75) is 26.0 Å². The number of ether oxygens (including phenoxy) is 2. The predicted molar refractivity (Wildman–Crippen MR) is 98.2 cm³/mol. The Bertz CT molecular complexity index is 820. The molecule has 142 valence electrons. The zero-order valence-electron chi connectivity index (χ0n) is 15.0. The monoisotopic (exact) mass is 370 g/mol. The summed E-state index contributed by atoms with van der Waals surface area (Å²) in [6.07, 6.45) is -0.508. The summed E-state index contributed by atoms with van der Waals surface area (Å²) in [4.78, 5) is 23.7. The van der Waals surface area contributed by atoms with E-state index in [2.05, 4.69) is 10.6 Å². The Morgan fingerprint density at radius 3 is 2.52 bits per heavy atom. The molecule has 0 saturated heterocycles. The van der Waals surface area contributed by atoms with E-state index in [1.54, 1.807) is 18.2 Å². The summed E-state index contributed by atoms with van der Waals surface area (Å²) in [5.74, 6) is -0.191. The second-order valence-corrected chi connectivity index (χ2v) is 6.34. The van der Waals surface area contributed by atoms with Crippen molar-refractivity contribution in [2.24, 2.45) is 0 Å². The number of aliphatic hydroxyl groups excluding tert-OH is 1. The number of carbonyl (C=O) groups is 2. The minimum Gasteiger partial charge on any atom is -0.454 e. The highest BCUT2D eigenvalue weighted by Gasteiger charge is 2.17. The van der Waals surface area contributed by atoms with E-state index in [9.17, 15) is 14.7 Å². The number of amides is 2. The molecule has 3 rings (SSSR count). The van der Waals surface area contributed by atoms with Crippen LogP contribution in [0.25, 0.3) is 0 Å². The van der Waals surface area contributed by atoms with Crippen molar-refractivity contribution >= 4 is 11.8 Å². The molecular weight excluding hydrogens is 348 g/mol. The zero-order valence-corrected chi connectivity index (χ0v) is 15.0. The first kappa shape index (κ1) is 18.7. The Kier molecular flexibility index (Phi) is 5.93. The number of rotatable bonds is 6. The number of aryl methyl sites for hydroxylation is 1. The van der Waals surface area contributed by atoms with E-state index in [1.807, 2.05) is 31.2 Å². The summed E-state index contributed by atoms with van der Waals surface area (Å²) in [5.41, 5.74) is 2.71. The summed E-state index contributed by atoms with van der Waals surface area (Å²) in [6, 6.07) is 12.9. The minimum absolute atomic E-state index is 0.169. The van der Waals surface area contributed by atoms with E-state index >= 15 is 0 Å². The van der Waals surface area contributed by atoms with Crippen LogP contribution >= 0.6 is 0 Å². The summed E-state index contributed by atoms with van der Waals surface area (Å²) in [6.45, 7) is 2.61. The normalized spacial score (nSPS) is 13.1. The first-order valence-electron chi connectivity index (χ1n) is 8.72. The molecule has 1 heterocycles. The van der Waals surface area contributed by atoms with Crippen molar-refractivity contribution in [2.75, 3.05) is 13.3 Å². The molecule has 1 atom stereocenters. The number of carbonyl (C=O) groups excluding carboxylic acids is 2. The molecule has 0 saturated carbocycles. The van der Waals surface area contributed by atoms with Gasteiger partial charge in [0.25, 0.3) is 0 Å². The van der Waals surface area contributed by atoms with Gasteiger partial charge in [-0.2, -0.15) is 0 Å². The molecule has 1 aliphatic heterocycles. The minimum atomic E-state index is -0.782. The SMILES string of the molecule is Cc1ccc(CNC(=O)C(=O)NCCC(O)c2ccc3c(c2)OCO3)cc1. The van der Waals surface area contributed by atoms with Gasteiger partial charge in [-0.05, 0) is 36.6 Å². The molecule has 7 heteroatoms. The summed E-state index contributed by atoms with van der Waals surface area (Å²) >= 11 is 0. The maximum Gasteiger partial charge on any atom is 0.309 e. The van der Waals surface area contributed by atoms with Crippen molar-refractivity contribution in [3.63, 3.8) is 0 Å². The van der Waals surface area contributed by atoms with Crippen LogP contribution in [0.4, 0.5) is 0 Å². The van der Waals surface area contributed by atoms with Gasteiger partial charge in [0.2, 0.25) is 6.79 Å². The number of nitrogens with one attached hydrogen (secondary N) is 2. The lowest BCUT2D eigenvalue weighted by molar-refractivity contribution is -0.139. The van der Waals surface area contributed by atoms with Gasteiger partial charge >= 0.3 is 11.8 Å². The Balaban J connectivity index is 1.40. The molecule has 1 unspecified atom stereocenters. The largest absolute Gasteiger partial charge is 0.454 e. The lowest BCUT2D eigenvalue weighted by atomic mass is 10.1. The number of benzene rings is 2. The third-order valence-corrected chi connectivity index (χ3v) is 4.26. The third-order valence-electron chi connectivity index (χ3n) is 4.26. The summed E-state index contributed by atoms with van der Waals surface area (Å²) in [5, 5.41) is 15.3. The Morgan fingerprint density at radius 2 is 1.74 bits per heavy atom. The molecule has 2 amide bonds. The Hall–Kier alpha value is -3.06. The molecule has 0 spiro atoms. The van der Waals surface area contributed by atoms with Crippen LogP contribution in [0, 0.1) is 6.92 Å². The summed E-state index contributed by atoms with van der Waals surface area (Å²) in [7, 11) is 0. The highest BCUT2D eigenvalue weighted by molar-refractivity contribution is 6.35. The fraction of sp³-hybridized carbons (Fsp3) is 0.300. The molecule has 0 fully saturated rings. The van der Waals surface area contributed by atoms with Crippen molar-refractivity contribution in [3.05, 3.63) is 59.2 Å². The van der Waals surface area contributed by atoms with Crippen LogP contribution in [0.3, 0.4) is 0 Å². The average Bonchev–Trinajstić information content (AvgIpc) is 3.14. The molecule has 2 aromatic rings. The second-order valence-electron chi connectivity index (χ2n) is 6.34.